The number of carbonyl (C=O) groups is 1. The van der Waals surface area contributed by atoms with Crippen molar-refractivity contribution in [2.45, 2.75) is 39.8 Å². The normalized spacial score (nSPS) is 12.0. The van der Waals surface area contributed by atoms with E-state index in [-0.39, 0.29) is 18.6 Å². The summed E-state index contributed by atoms with van der Waals surface area (Å²) in [7, 11) is 0. The highest BCUT2D eigenvalue weighted by atomic mass is 16.5. The minimum Gasteiger partial charge on any atom is -0.486 e. The van der Waals surface area contributed by atoms with Gasteiger partial charge in [-0.15, -0.1) is 0 Å². The zero-order valence-corrected chi connectivity index (χ0v) is 15.0. The molecule has 136 valence electrons. The molecule has 7 nitrogen and oxygen atoms in total. The monoisotopic (exact) mass is 355 g/mol. The summed E-state index contributed by atoms with van der Waals surface area (Å²) in [6.45, 7) is 5.84. The lowest BCUT2D eigenvalue weighted by atomic mass is 10.2. The van der Waals surface area contributed by atoms with E-state index in [0.29, 0.717) is 35.2 Å². The number of nitrogens with zero attached hydrogens (tertiary/aromatic N) is 2. The molecule has 1 aromatic carbocycles. The summed E-state index contributed by atoms with van der Waals surface area (Å²) in [4.78, 5) is 16.8. The molecule has 0 saturated carbocycles. The highest BCUT2D eigenvalue weighted by molar-refractivity contribution is 5.95. The summed E-state index contributed by atoms with van der Waals surface area (Å²) in [6, 6.07) is 8.94. The number of ether oxygens (including phenoxy) is 1. The van der Waals surface area contributed by atoms with Gasteiger partial charge >= 0.3 is 0 Å². The number of furan rings is 1. The summed E-state index contributed by atoms with van der Waals surface area (Å²) >= 11 is 0. The van der Waals surface area contributed by atoms with E-state index in [1.54, 1.807) is 13.0 Å². The number of benzene rings is 1. The largest absolute Gasteiger partial charge is 0.486 e. The minimum atomic E-state index is -0.357. The lowest BCUT2D eigenvalue weighted by Crippen LogP contribution is -2.29. The van der Waals surface area contributed by atoms with Crippen LogP contribution in [-0.2, 0) is 6.61 Å². The van der Waals surface area contributed by atoms with Gasteiger partial charge in [0.25, 0.3) is 5.91 Å². The maximum absolute atomic E-state index is 12.6. The maximum atomic E-state index is 12.6. The van der Waals surface area contributed by atoms with Crippen LogP contribution in [0.1, 0.15) is 52.8 Å². The molecule has 2 heterocycles. The zero-order valence-electron chi connectivity index (χ0n) is 15.0. The van der Waals surface area contributed by atoms with E-state index in [2.05, 4.69) is 15.5 Å². The molecule has 0 aliphatic carbocycles. The highest BCUT2D eigenvalue weighted by Gasteiger charge is 2.22. The fraction of sp³-hybridized carbons (Fsp3) is 0.316. The van der Waals surface area contributed by atoms with Gasteiger partial charge in [0.15, 0.2) is 11.6 Å². The molecule has 26 heavy (non-hydrogen) atoms. The summed E-state index contributed by atoms with van der Waals surface area (Å²) < 4.78 is 16.3. The smallest absolute Gasteiger partial charge is 0.255 e. The molecule has 1 amide bonds. The topological polar surface area (TPSA) is 90.4 Å². The number of carbonyl (C=O) groups excluding carboxylic acids is 1. The van der Waals surface area contributed by atoms with Crippen molar-refractivity contribution in [3.05, 3.63) is 65.2 Å². The second-order valence-corrected chi connectivity index (χ2v) is 5.97. The first-order chi connectivity index (χ1) is 12.6. The second-order valence-electron chi connectivity index (χ2n) is 5.97. The first kappa shape index (κ1) is 17.7. The number of hydrogen-bond acceptors (Lipinski definition) is 6. The van der Waals surface area contributed by atoms with Crippen molar-refractivity contribution in [2.75, 3.05) is 0 Å². The van der Waals surface area contributed by atoms with Gasteiger partial charge in [-0.1, -0.05) is 29.8 Å². The fourth-order valence-electron chi connectivity index (χ4n) is 2.47. The Kier molecular flexibility index (Phi) is 5.36. The van der Waals surface area contributed by atoms with E-state index in [1.807, 2.05) is 38.1 Å². The predicted octanol–water partition coefficient (Wildman–Crippen LogP) is 3.74. The molecule has 1 N–H and O–H groups in total. The second kappa shape index (κ2) is 7.86. The molecule has 0 fully saturated rings. The van der Waals surface area contributed by atoms with Crippen molar-refractivity contribution in [3.63, 3.8) is 0 Å². The Bertz CT molecular complexity index is 867. The van der Waals surface area contributed by atoms with E-state index in [0.717, 1.165) is 5.56 Å². The lowest BCUT2D eigenvalue weighted by Gasteiger charge is -2.13. The molecule has 0 aliphatic rings. The first-order valence-electron chi connectivity index (χ1n) is 8.43. The van der Waals surface area contributed by atoms with Crippen LogP contribution in [0.3, 0.4) is 0 Å². The van der Waals surface area contributed by atoms with Crippen molar-refractivity contribution in [1.82, 2.24) is 15.5 Å². The molecule has 1 atom stereocenters. The SMILES string of the molecule is CCC(NC(=O)c1ccoc1COc1ccc(C)cc1)c1nc(C)no1. The van der Waals surface area contributed by atoms with Crippen molar-refractivity contribution in [1.29, 1.82) is 0 Å². The molecular weight excluding hydrogens is 334 g/mol. The Morgan fingerprint density at radius 2 is 2.00 bits per heavy atom. The third kappa shape index (κ3) is 4.11. The molecule has 0 bridgehead atoms. The average molecular weight is 355 g/mol. The zero-order chi connectivity index (χ0) is 18.5. The molecule has 3 aromatic rings. The van der Waals surface area contributed by atoms with Gasteiger partial charge in [0.2, 0.25) is 5.89 Å². The fourth-order valence-corrected chi connectivity index (χ4v) is 2.47. The Labute approximate surface area is 151 Å². The quantitative estimate of drug-likeness (QED) is 0.694. The van der Waals surface area contributed by atoms with Gasteiger partial charge < -0.3 is 19.0 Å². The number of aryl methyl sites for hydroxylation is 2. The van der Waals surface area contributed by atoms with Crippen molar-refractivity contribution < 1.29 is 18.5 Å². The van der Waals surface area contributed by atoms with Gasteiger partial charge in [0, 0.05) is 0 Å². The van der Waals surface area contributed by atoms with Gasteiger partial charge in [-0.05, 0) is 38.5 Å². The van der Waals surface area contributed by atoms with E-state index in [1.165, 1.54) is 6.26 Å². The lowest BCUT2D eigenvalue weighted by molar-refractivity contribution is 0.0922. The summed E-state index contributed by atoms with van der Waals surface area (Å²) in [6.07, 6.45) is 2.10. The number of nitrogens with one attached hydrogen (secondary N) is 1. The molecule has 0 saturated heterocycles. The third-order valence-corrected chi connectivity index (χ3v) is 3.94. The van der Waals surface area contributed by atoms with E-state index in [4.69, 9.17) is 13.7 Å². The predicted molar refractivity (Wildman–Crippen MR) is 93.8 cm³/mol. The third-order valence-electron chi connectivity index (χ3n) is 3.94. The van der Waals surface area contributed by atoms with Gasteiger partial charge in [0.05, 0.1) is 11.8 Å². The molecule has 2 aromatic heterocycles. The van der Waals surface area contributed by atoms with Crippen LogP contribution in [0.2, 0.25) is 0 Å². The van der Waals surface area contributed by atoms with Gasteiger partial charge in [0.1, 0.15) is 18.4 Å². The van der Waals surface area contributed by atoms with E-state index >= 15 is 0 Å². The Morgan fingerprint density at radius 3 is 2.65 bits per heavy atom. The first-order valence-corrected chi connectivity index (χ1v) is 8.43. The van der Waals surface area contributed by atoms with Gasteiger partial charge in [-0.3, -0.25) is 4.79 Å². The Balaban J connectivity index is 1.66. The van der Waals surface area contributed by atoms with Crippen LogP contribution in [0, 0.1) is 13.8 Å². The molecule has 0 aliphatic heterocycles. The van der Waals surface area contributed by atoms with Crippen LogP contribution in [0.25, 0.3) is 0 Å². The van der Waals surface area contributed by atoms with Crippen LogP contribution in [0.5, 0.6) is 5.75 Å². The number of hydrogen-bond donors (Lipinski definition) is 1. The summed E-state index contributed by atoms with van der Waals surface area (Å²) in [5.74, 6) is 1.82. The average Bonchev–Trinajstić information content (AvgIpc) is 3.28. The van der Waals surface area contributed by atoms with E-state index < -0.39 is 0 Å². The van der Waals surface area contributed by atoms with Crippen LogP contribution >= 0.6 is 0 Å². The Hall–Kier alpha value is -3.09. The van der Waals surface area contributed by atoms with Crippen LogP contribution in [0.4, 0.5) is 0 Å². The molecule has 3 rings (SSSR count). The van der Waals surface area contributed by atoms with Crippen molar-refractivity contribution in [3.8, 4) is 5.75 Å². The van der Waals surface area contributed by atoms with Gasteiger partial charge in [-0.2, -0.15) is 4.98 Å². The van der Waals surface area contributed by atoms with Crippen molar-refractivity contribution >= 4 is 5.91 Å². The standard InChI is InChI=1S/C19H21N3O4/c1-4-16(19-20-13(3)22-26-19)21-18(23)15-9-10-24-17(15)11-25-14-7-5-12(2)6-8-14/h5-10,16H,4,11H2,1-3H3,(H,21,23). The maximum Gasteiger partial charge on any atom is 0.255 e. The summed E-state index contributed by atoms with van der Waals surface area (Å²) in [5.41, 5.74) is 1.57. The van der Waals surface area contributed by atoms with E-state index in [9.17, 15) is 4.79 Å². The van der Waals surface area contributed by atoms with Crippen LogP contribution < -0.4 is 10.1 Å². The minimum absolute atomic E-state index is 0.162. The highest BCUT2D eigenvalue weighted by Crippen LogP contribution is 2.19. The van der Waals surface area contributed by atoms with Gasteiger partial charge in [-0.25, -0.2) is 0 Å². The molecule has 0 radical (unpaired) electrons. The van der Waals surface area contributed by atoms with Crippen LogP contribution in [-0.4, -0.2) is 16.0 Å². The molecule has 0 spiro atoms. The number of amides is 1. The van der Waals surface area contributed by atoms with Crippen molar-refractivity contribution in [2.24, 2.45) is 0 Å². The molecular formula is C19H21N3O4. The molecule has 1 unspecified atom stereocenters. The summed E-state index contributed by atoms with van der Waals surface area (Å²) in [5, 5.41) is 6.66. The molecule has 7 heteroatoms. The Morgan fingerprint density at radius 1 is 1.23 bits per heavy atom. The number of rotatable bonds is 7. The number of aromatic nitrogens is 2. The van der Waals surface area contributed by atoms with Crippen LogP contribution in [0.15, 0.2) is 45.5 Å².